The SMILES string of the molecule is CN(C1CCSC1)S(=O)(=O)c1ccc(CCl)cc1. The van der Waals surface area contributed by atoms with Crippen LogP contribution in [-0.2, 0) is 15.9 Å². The molecule has 1 fully saturated rings. The second kappa shape index (κ2) is 5.82. The summed E-state index contributed by atoms with van der Waals surface area (Å²) in [5.74, 6) is 2.32. The van der Waals surface area contributed by atoms with E-state index in [1.165, 1.54) is 4.31 Å². The Balaban J connectivity index is 2.23. The van der Waals surface area contributed by atoms with Crippen LogP contribution >= 0.6 is 23.4 Å². The summed E-state index contributed by atoms with van der Waals surface area (Å²) in [6.45, 7) is 0. The zero-order valence-corrected chi connectivity index (χ0v) is 12.6. The smallest absolute Gasteiger partial charge is 0.207 e. The molecule has 1 aromatic carbocycles. The Morgan fingerprint density at radius 2 is 2.06 bits per heavy atom. The molecule has 3 nitrogen and oxygen atoms in total. The second-order valence-electron chi connectivity index (χ2n) is 4.32. The number of benzene rings is 1. The summed E-state index contributed by atoms with van der Waals surface area (Å²) in [6, 6.07) is 6.90. The number of sulfonamides is 1. The molecule has 1 aromatic rings. The highest BCUT2D eigenvalue weighted by atomic mass is 35.5. The van der Waals surface area contributed by atoms with Crippen LogP contribution in [0.1, 0.15) is 12.0 Å². The molecular formula is C12H16ClNO2S2. The van der Waals surface area contributed by atoms with Crippen LogP contribution in [0, 0.1) is 0 Å². The Morgan fingerprint density at radius 3 is 2.56 bits per heavy atom. The van der Waals surface area contributed by atoms with Gasteiger partial charge in [-0.2, -0.15) is 16.1 Å². The Labute approximate surface area is 118 Å². The Bertz CT molecular complexity index is 495. The van der Waals surface area contributed by atoms with E-state index in [9.17, 15) is 8.42 Å². The van der Waals surface area contributed by atoms with Crippen LogP contribution in [0.2, 0.25) is 0 Å². The first-order valence-electron chi connectivity index (χ1n) is 5.76. The van der Waals surface area contributed by atoms with Crippen molar-refractivity contribution in [2.75, 3.05) is 18.6 Å². The van der Waals surface area contributed by atoms with Crippen molar-refractivity contribution in [3.05, 3.63) is 29.8 Å². The van der Waals surface area contributed by atoms with Crippen LogP contribution < -0.4 is 0 Å². The van der Waals surface area contributed by atoms with Crippen LogP contribution in [0.5, 0.6) is 0 Å². The van der Waals surface area contributed by atoms with Crippen LogP contribution in [0.4, 0.5) is 0 Å². The lowest BCUT2D eigenvalue weighted by Gasteiger charge is -2.23. The summed E-state index contributed by atoms with van der Waals surface area (Å²) >= 11 is 7.50. The summed E-state index contributed by atoms with van der Waals surface area (Å²) in [6.07, 6.45) is 0.931. The minimum Gasteiger partial charge on any atom is -0.207 e. The number of halogens is 1. The van der Waals surface area contributed by atoms with Gasteiger partial charge in [0.25, 0.3) is 0 Å². The van der Waals surface area contributed by atoms with Gasteiger partial charge >= 0.3 is 0 Å². The van der Waals surface area contributed by atoms with Gasteiger partial charge in [0.1, 0.15) is 0 Å². The fourth-order valence-electron chi connectivity index (χ4n) is 1.92. The molecule has 0 aliphatic carbocycles. The van der Waals surface area contributed by atoms with E-state index >= 15 is 0 Å². The van der Waals surface area contributed by atoms with E-state index < -0.39 is 10.0 Å². The fraction of sp³-hybridized carbons (Fsp3) is 0.500. The van der Waals surface area contributed by atoms with Crippen molar-refractivity contribution in [1.82, 2.24) is 4.31 Å². The predicted molar refractivity (Wildman–Crippen MR) is 76.7 cm³/mol. The van der Waals surface area contributed by atoms with Crippen LogP contribution in [0.15, 0.2) is 29.2 Å². The molecule has 1 aliphatic rings. The molecule has 0 amide bonds. The number of hydrogen-bond acceptors (Lipinski definition) is 3. The second-order valence-corrected chi connectivity index (χ2v) is 7.73. The molecule has 1 aliphatic heterocycles. The number of alkyl halides is 1. The van der Waals surface area contributed by atoms with Gasteiger partial charge in [-0.15, -0.1) is 11.6 Å². The van der Waals surface area contributed by atoms with E-state index in [0.29, 0.717) is 10.8 Å². The predicted octanol–water partition coefficient (Wildman–Crippen LogP) is 2.55. The first-order chi connectivity index (χ1) is 8.55. The highest BCUT2D eigenvalue weighted by Gasteiger charge is 2.30. The summed E-state index contributed by atoms with van der Waals surface area (Å²) in [5, 5.41) is 0. The molecular weight excluding hydrogens is 290 g/mol. The summed E-state index contributed by atoms with van der Waals surface area (Å²) < 4.78 is 26.3. The lowest BCUT2D eigenvalue weighted by atomic mass is 10.2. The van der Waals surface area contributed by atoms with Gasteiger partial charge in [-0.3, -0.25) is 0 Å². The van der Waals surface area contributed by atoms with Gasteiger partial charge in [0.05, 0.1) is 4.90 Å². The molecule has 1 heterocycles. The molecule has 0 bridgehead atoms. The van der Waals surface area contributed by atoms with E-state index in [-0.39, 0.29) is 6.04 Å². The normalized spacial score (nSPS) is 20.5. The van der Waals surface area contributed by atoms with E-state index in [1.807, 2.05) is 0 Å². The minimum atomic E-state index is -3.37. The van der Waals surface area contributed by atoms with E-state index in [4.69, 9.17) is 11.6 Å². The van der Waals surface area contributed by atoms with Gasteiger partial charge in [0.2, 0.25) is 10.0 Å². The number of rotatable bonds is 4. The minimum absolute atomic E-state index is 0.118. The van der Waals surface area contributed by atoms with Crippen molar-refractivity contribution in [3.63, 3.8) is 0 Å². The maximum absolute atomic E-state index is 12.4. The van der Waals surface area contributed by atoms with Gasteiger partial charge in [0, 0.05) is 24.7 Å². The van der Waals surface area contributed by atoms with Crippen LogP contribution in [-0.4, -0.2) is 37.3 Å². The third kappa shape index (κ3) is 2.85. The van der Waals surface area contributed by atoms with Crippen molar-refractivity contribution >= 4 is 33.4 Å². The molecule has 2 rings (SSSR count). The molecule has 0 N–H and O–H groups in total. The molecule has 0 radical (unpaired) electrons. The zero-order chi connectivity index (χ0) is 13.2. The molecule has 100 valence electrons. The van der Waals surface area contributed by atoms with Gasteiger partial charge in [0.15, 0.2) is 0 Å². The fourth-order valence-corrected chi connectivity index (χ4v) is 4.85. The molecule has 0 aromatic heterocycles. The first-order valence-corrected chi connectivity index (χ1v) is 8.89. The monoisotopic (exact) mass is 305 g/mol. The number of thioether (sulfide) groups is 1. The van der Waals surface area contributed by atoms with E-state index in [2.05, 4.69) is 0 Å². The third-order valence-corrected chi connectivity index (χ3v) is 6.55. The van der Waals surface area contributed by atoms with Gasteiger partial charge in [-0.25, -0.2) is 8.42 Å². The maximum Gasteiger partial charge on any atom is 0.243 e. The lowest BCUT2D eigenvalue weighted by Crippen LogP contribution is -2.36. The molecule has 1 unspecified atom stereocenters. The quantitative estimate of drug-likeness (QED) is 0.802. The van der Waals surface area contributed by atoms with E-state index in [1.54, 1.807) is 43.1 Å². The molecule has 6 heteroatoms. The summed E-state index contributed by atoms with van der Waals surface area (Å²) in [4.78, 5) is 0.343. The highest BCUT2D eigenvalue weighted by molar-refractivity contribution is 7.99. The largest absolute Gasteiger partial charge is 0.243 e. The van der Waals surface area contributed by atoms with Crippen molar-refractivity contribution in [2.24, 2.45) is 0 Å². The molecule has 1 atom stereocenters. The van der Waals surface area contributed by atoms with Gasteiger partial charge < -0.3 is 0 Å². The van der Waals surface area contributed by atoms with E-state index in [0.717, 1.165) is 23.5 Å². The topological polar surface area (TPSA) is 37.4 Å². The van der Waals surface area contributed by atoms with Gasteiger partial charge in [-0.1, -0.05) is 12.1 Å². The Kier molecular flexibility index (Phi) is 4.59. The van der Waals surface area contributed by atoms with Crippen molar-refractivity contribution in [1.29, 1.82) is 0 Å². The van der Waals surface area contributed by atoms with Crippen molar-refractivity contribution in [3.8, 4) is 0 Å². The summed E-state index contributed by atoms with van der Waals surface area (Å²) in [7, 11) is -1.70. The van der Waals surface area contributed by atoms with Crippen molar-refractivity contribution < 1.29 is 8.42 Å². The average molecular weight is 306 g/mol. The molecule has 1 saturated heterocycles. The summed E-state index contributed by atoms with van der Waals surface area (Å²) in [5.41, 5.74) is 0.926. The standard InChI is InChI=1S/C12H16ClNO2S2/c1-14(11-6-7-17-9-11)18(15,16)12-4-2-10(8-13)3-5-12/h2-5,11H,6-9H2,1H3. The Morgan fingerprint density at radius 1 is 1.39 bits per heavy atom. The lowest BCUT2D eigenvalue weighted by molar-refractivity contribution is 0.394. The van der Waals surface area contributed by atoms with Gasteiger partial charge in [-0.05, 0) is 29.9 Å². The Hall–Kier alpha value is -0.230. The molecule has 18 heavy (non-hydrogen) atoms. The average Bonchev–Trinajstić information content (AvgIpc) is 2.91. The highest BCUT2D eigenvalue weighted by Crippen LogP contribution is 2.26. The number of hydrogen-bond donors (Lipinski definition) is 0. The maximum atomic E-state index is 12.4. The zero-order valence-electron chi connectivity index (χ0n) is 10.2. The molecule has 0 saturated carbocycles. The first kappa shape index (κ1) is 14.2. The van der Waals surface area contributed by atoms with Crippen molar-refractivity contribution in [2.45, 2.75) is 23.2 Å². The molecule has 0 spiro atoms. The third-order valence-electron chi connectivity index (χ3n) is 3.17. The van der Waals surface area contributed by atoms with Crippen LogP contribution in [0.3, 0.4) is 0 Å². The number of nitrogens with zero attached hydrogens (tertiary/aromatic N) is 1. The van der Waals surface area contributed by atoms with Crippen LogP contribution in [0.25, 0.3) is 0 Å².